The number of benzene rings is 1. The lowest BCUT2D eigenvalue weighted by Gasteiger charge is -2.06. The zero-order valence-corrected chi connectivity index (χ0v) is 10.5. The Morgan fingerprint density at radius 3 is 3.20 bits per heavy atom. The zero-order chi connectivity index (χ0) is 10.8. The van der Waals surface area contributed by atoms with Crippen LogP contribution in [0.3, 0.4) is 0 Å². The Morgan fingerprint density at radius 2 is 2.47 bits per heavy atom. The van der Waals surface area contributed by atoms with Gasteiger partial charge in [-0.25, -0.2) is 4.79 Å². The number of hydrogen-bond donors (Lipinski definition) is 0. The molecule has 0 unspecified atom stereocenters. The number of carbonyl (C=O) groups is 1. The normalized spacial score (nSPS) is 13.2. The van der Waals surface area contributed by atoms with Crippen molar-refractivity contribution < 1.29 is 14.3 Å². The van der Waals surface area contributed by atoms with Crippen molar-refractivity contribution in [2.75, 3.05) is 12.5 Å². The first-order valence-corrected chi connectivity index (χ1v) is 6.27. The summed E-state index contributed by atoms with van der Waals surface area (Å²) in [6.45, 7) is 2.18. The molecule has 0 spiro atoms. The number of ether oxygens (including phenoxy) is 2. The van der Waals surface area contributed by atoms with E-state index in [2.05, 4.69) is 15.9 Å². The van der Waals surface area contributed by atoms with Gasteiger partial charge in [0.25, 0.3) is 0 Å². The molecule has 1 aliphatic rings. The van der Waals surface area contributed by atoms with E-state index in [-0.39, 0.29) is 5.97 Å². The summed E-state index contributed by atoms with van der Waals surface area (Å²) >= 11 is 4.89. The molecule has 80 valence electrons. The maximum absolute atomic E-state index is 11.6. The molecule has 0 aromatic heterocycles. The van der Waals surface area contributed by atoms with Gasteiger partial charge in [0.05, 0.1) is 21.5 Å². The maximum Gasteiger partial charge on any atom is 0.339 e. The molecular formula is C10H9BrO3S. The van der Waals surface area contributed by atoms with Gasteiger partial charge in [-0.15, -0.1) is 0 Å². The number of carbonyl (C=O) groups excluding carboxylic acids is 1. The Bertz CT molecular complexity index is 406. The predicted octanol–water partition coefficient (Wildman–Crippen LogP) is 3.07. The Balaban J connectivity index is 2.41. The van der Waals surface area contributed by atoms with Crippen LogP contribution in [0.2, 0.25) is 0 Å². The Morgan fingerprint density at radius 1 is 1.67 bits per heavy atom. The number of thioether (sulfide) groups is 1. The predicted molar refractivity (Wildman–Crippen MR) is 61.5 cm³/mol. The second-order valence-electron chi connectivity index (χ2n) is 2.88. The summed E-state index contributed by atoms with van der Waals surface area (Å²) in [7, 11) is 0. The standard InChI is InChI=1S/C10H9BrO3S/c1-2-13-10(12)6-3-4-7(11)8-9(6)15-5-14-8/h3-4H,2,5H2,1H3. The number of rotatable bonds is 2. The molecule has 0 aliphatic carbocycles. The molecule has 0 radical (unpaired) electrons. The lowest BCUT2D eigenvalue weighted by Crippen LogP contribution is -2.05. The highest BCUT2D eigenvalue weighted by Gasteiger charge is 2.24. The van der Waals surface area contributed by atoms with Crippen LogP contribution in [-0.2, 0) is 4.74 Å². The molecule has 0 amide bonds. The number of fused-ring (bicyclic) bond motifs is 1. The van der Waals surface area contributed by atoms with E-state index in [1.165, 1.54) is 11.8 Å². The molecule has 0 atom stereocenters. The van der Waals surface area contributed by atoms with Gasteiger partial charge in [0.15, 0.2) is 0 Å². The summed E-state index contributed by atoms with van der Waals surface area (Å²) in [4.78, 5) is 12.5. The highest BCUT2D eigenvalue weighted by atomic mass is 79.9. The van der Waals surface area contributed by atoms with Crippen LogP contribution >= 0.6 is 27.7 Å². The summed E-state index contributed by atoms with van der Waals surface area (Å²) in [5.41, 5.74) is 0.581. The molecule has 0 fully saturated rings. The summed E-state index contributed by atoms with van der Waals surface area (Å²) in [5, 5.41) is 0. The minimum atomic E-state index is -0.292. The largest absolute Gasteiger partial charge is 0.480 e. The Kier molecular flexibility index (Phi) is 3.21. The summed E-state index contributed by atoms with van der Waals surface area (Å²) in [6.07, 6.45) is 0. The Hall–Kier alpha value is -0.680. The van der Waals surface area contributed by atoms with Gasteiger partial charge >= 0.3 is 5.97 Å². The molecule has 15 heavy (non-hydrogen) atoms. The second-order valence-corrected chi connectivity index (χ2v) is 4.67. The molecule has 1 aromatic rings. The van der Waals surface area contributed by atoms with Crippen molar-refractivity contribution in [1.82, 2.24) is 0 Å². The van der Waals surface area contributed by atoms with Gasteiger partial charge in [0, 0.05) is 0 Å². The molecule has 1 aromatic carbocycles. The average Bonchev–Trinajstić information content (AvgIpc) is 2.68. The fourth-order valence-electron chi connectivity index (χ4n) is 1.33. The van der Waals surface area contributed by atoms with Gasteiger partial charge in [-0.05, 0) is 35.0 Å². The smallest absolute Gasteiger partial charge is 0.339 e. The fourth-order valence-corrected chi connectivity index (χ4v) is 2.81. The third kappa shape index (κ3) is 1.99. The van der Waals surface area contributed by atoms with E-state index < -0.39 is 0 Å². The van der Waals surface area contributed by atoms with Crippen LogP contribution in [0, 0.1) is 0 Å². The van der Waals surface area contributed by atoms with Gasteiger partial charge in [0.1, 0.15) is 11.7 Å². The highest BCUT2D eigenvalue weighted by molar-refractivity contribution is 9.10. The fraction of sp³-hybridized carbons (Fsp3) is 0.300. The minimum Gasteiger partial charge on any atom is -0.480 e. The van der Waals surface area contributed by atoms with E-state index in [0.717, 1.165) is 15.1 Å². The summed E-state index contributed by atoms with van der Waals surface area (Å²) < 4.78 is 11.2. The minimum absolute atomic E-state index is 0.292. The molecule has 0 bridgehead atoms. The molecule has 5 heteroatoms. The third-order valence-corrected chi connectivity index (χ3v) is 3.52. The number of esters is 1. The van der Waals surface area contributed by atoms with Gasteiger partial charge in [-0.1, -0.05) is 11.8 Å². The summed E-state index contributed by atoms with van der Waals surface area (Å²) in [5.74, 6) is 0.995. The van der Waals surface area contributed by atoms with Gasteiger partial charge in [0.2, 0.25) is 0 Å². The molecule has 0 saturated carbocycles. The van der Waals surface area contributed by atoms with Crippen molar-refractivity contribution in [3.8, 4) is 5.75 Å². The van der Waals surface area contributed by atoms with E-state index in [1.807, 2.05) is 0 Å². The maximum atomic E-state index is 11.6. The van der Waals surface area contributed by atoms with Crippen molar-refractivity contribution >= 4 is 33.7 Å². The molecule has 0 N–H and O–H groups in total. The van der Waals surface area contributed by atoms with Crippen LogP contribution < -0.4 is 4.74 Å². The quantitative estimate of drug-likeness (QED) is 0.784. The topological polar surface area (TPSA) is 35.5 Å². The van der Waals surface area contributed by atoms with Crippen LogP contribution in [0.15, 0.2) is 21.5 Å². The first-order chi connectivity index (χ1) is 7.24. The first kappa shape index (κ1) is 10.8. The van der Waals surface area contributed by atoms with E-state index in [9.17, 15) is 4.79 Å². The first-order valence-electron chi connectivity index (χ1n) is 4.49. The van der Waals surface area contributed by atoms with Crippen LogP contribution in [0.5, 0.6) is 5.75 Å². The van der Waals surface area contributed by atoms with Crippen LogP contribution in [-0.4, -0.2) is 18.5 Å². The van der Waals surface area contributed by atoms with E-state index in [4.69, 9.17) is 9.47 Å². The lowest BCUT2D eigenvalue weighted by molar-refractivity contribution is 0.0522. The van der Waals surface area contributed by atoms with Crippen molar-refractivity contribution in [3.63, 3.8) is 0 Å². The highest BCUT2D eigenvalue weighted by Crippen LogP contribution is 2.43. The molecular weight excluding hydrogens is 280 g/mol. The second kappa shape index (κ2) is 4.45. The van der Waals surface area contributed by atoms with Crippen LogP contribution in [0.25, 0.3) is 0 Å². The van der Waals surface area contributed by atoms with Gasteiger partial charge in [-0.3, -0.25) is 0 Å². The van der Waals surface area contributed by atoms with Crippen molar-refractivity contribution in [1.29, 1.82) is 0 Å². The van der Waals surface area contributed by atoms with Crippen molar-refractivity contribution in [2.24, 2.45) is 0 Å². The van der Waals surface area contributed by atoms with E-state index >= 15 is 0 Å². The zero-order valence-electron chi connectivity index (χ0n) is 8.08. The number of hydrogen-bond acceptors (Lipinski definition) is 4. The van der Waals surface area contributed by atoms with Crippen LogP contribution in [0.1, 0.15) is 17.3 Å². The average molecular weight is 289 g/mol. The monoisotopic (exact) mass is 288 g/mol. The third-order valence-electron chi connectivity index (χ3n) is 1.97. The van der Waals surface area contributed by atoms with Crippen molar-refractivity contribution in [2.45, 2.75) is 11.8 Å². The Labute approximate surface area is 100 Å². The molecule has 3 nitrogen and oxygen atoms in total. The van der Waals surface area contributed by atoms with E-state index in [1.54, 1.807) is 19.1 Å². The SMILES string of the molecule is CCOC(=O)c1ccc(Br)c2c1SCO2. The van der Waals surface area contributed by atoms with Crippen molar-refractivity contribution in [3.05, 3.63) is 22.2 Å². The molecule has 1 aliphatic heterocycles. The van der Waals surface area contributed by atoms with Gasteiger partial charge in [-0.2, -0.15) is 0 Å². The lowest BCUT2D eigenvalue weighted by atomic mass is 10.2. The molecule has 2 rings (SSSR count). The number of halogens is 1. The van der Waals surface area contributed by atoms with Gasteiger partial charge < -0.3 is 9.47 Å². The molecule has 0 saturated heterocycles. The van der Waals surface area contributed by atoms with E-state index in [0.29, 0.717) is 18.1 Å². The summed E-state index contributed by atoms with van der Waals surface area (Å²) in [6, 6.07) is 3.56. The molecule has 1 heterocycles. The van der Waals surface area contributed by atoms with Crippen LogP contribution in [0.4, 0.5) is 0 Å².